The summed E-state index contributed by atoms with van der Waals surface area (Å²) in [6.45, 7) is 3.57. The summed E-state index contributed by atoms with van der Waals surface area (Å²) in [4.78, 5) is 4.02. The third kappa shape index (κ3) is 2.88. The summed E-state index contributed by atoms with van der Waals surface area (Å²) < 4.78 is 7.98. The molecule has 0 spiro atoms. The number of halogens is 1. The fourth-order valence-electron chi connectivity index (χ4n) is 2.39. The van der Waals surface area contributed by atoms with Gasteiger partial charge in [-0.15, -0.1) is 0 Å². The minimum atomic E-state index is 0.692. The molecule has 0 saturated heterocycles. The second kappa shape index (κ2) is 6.19. The van der Waals surface area contributed by atoms with Crippen molar-refractivity contribution < 1.29 is 4.74 Å². The van der Waals surface area contributed by atoms with E-state index in [4.69, 9.17) is 16.3 Å². The highest BCUT2D eigenvalue weighted by Gasteiger charge is 2.08. The summed E-state index contributed by atoms with van der Waals surface area (Å²) in [6.07, 6.45) is 6.52. The lowest BCUT2D eigenvalue weighted by Crippen LogP contribution is -1.99. The molecule has 0 fully saturated rings. The molecule has 2 aromatic heterocycles. The van der Waals surface area contributed by atoms with Gasteiger partial charge in [0.2, 0.25) is 0 Å². The highest BCUT2D eigenvalue weighted by Crippen LogP contribution is 2.28. The highest BCUT2D eigenvalue weighted by atomic mass is 35.5. The van der Waals surface area contributed by atoms with Crippen molar-refractivity contribution in [1.82, 2.24) is 9.55 Å². The van der Waals surface area contributed by atoms with E-state index in [0.29, 0.717) is 5.02 Å². The zero-order valence-electron chi connectivity index (χ0n) is 11.9. The zero-order chi connectivity index (χ0) is 14.7. The lowest BCUT2D eigenvalue weighted by Gasteiger charge is -2.09. The smallest absolute Gasteiger partial charge is 0.128 e. The summed E-state index contributed by atoms with van der Waals surface area (Å²) in [6, 6.07) is 10.2. The molecule has 0 aliphatic carbocycles. The van der Waals surface area contributed by atoms with E-state index < -0.39 is 0 Å². The number of pyridine rings is 1. The largest absolute Gasteiger partial charge is 0.493 e. The molecule has 0 unspecified atom stereocenters. The number of rotatable bonds is 5. The van der Waals surface area contributed by atoms with Crippen molar-refractivity contribution in [3.8, 4) is 5.75 Å². The summed E-state index contributed by atoms with van der Waals surface area (Å²) >= 11 is 6.19. The van der Waals surface area contributed by atoms with Crippen molar-refractivity contribution >= 4 is 22.5 Å². The maximum Gasteiger partial charge on any atom is 0.128 e. The third-order valence-electron chi connectivity index (χ3n) is 3.43. The van der Waals surface area contributed by atoms with Crippen LogP contribution in [0.3, 0.4) is 0 Å². The molecule has 0 aliphatic heterocycles. The van der Waals surface area contributed by atoms with Crippen LogP contribution in [0.5, 0.6) is 5.75 Å². The Morgan fingerprint density at radius 3 is 2.95 bits per heavy atom. The molecule has 0 saturated carbocycles. The lowest BCUT2D eigenvalue weighted by atomic mass is 10.2. The molecule has 2 heterocycles. The van der Waals surface area contributed by atoms with E-state index in [1.54, 1.807) is 12.4 Å². The molecule has 4 heteroatoms. The quantitative estimate of drug-likeness (QED) is 0.692. The van der Waals surface area contributed by atoms with Crippen LogP contribution in [-0.4, -0.2) is 16.2 Å². The van der Waals surface area contributed by atoms with E-state index >= 15 is 0 Å². The normalized spacial score (nSPS) is 11.0. The molecular weight excluding hydrogens is 284 g/mol. The average molecular weight is 301 g/mol. The topological polar surface area (TPSA) is 27.1 Å². The van der Waals surface area contributed by atoms with Crippen LogP contribution in [0.15, 0.2) is 48.9 Å². The van der Waals surface area contributed by atoms with Gasteiger partial charge < -0.3 is 9.30 Å². The Bertz CT molecular complexity index is 751. The average Bonchev–Trinajstić information content (AvgIpc) is 2.91. The molecule has 1 aromatic carbocycles. The van der Waals surface area contributed by atoms with Gasteiger partial charge in [-0.05, 0) is 36.2 Å². The second-order valence-corrected chi connectivity index (χ2v) is 5.36. The van der Waals surface area contributed by atoms with Gasteiger partial charge in [-0.25, -0.2) is 0 Å². The van der Waals surface area contributed by atoms with Crippen molar-refractivity contribution in [2.75, 3.05) is 6.61 Å². The fraction of sp³-hybridized carbons (Fsp3) is 0.235. The minimum absolute atomic E-state index is 0.692. The Kier molecular flexibility index (Phi) is 4.11. The van der Waals surface area contributed by atoms with Gasteiger partial charge in [0.05, 0.1) is 17.1 Å². The zero-order valence-corrected chi connectivity index (χ0v) is 12.7. The first-order valence-electron chi connectivity index (χ1n) is 7.08. The lowest BCUT2D eigenvalue weighted by molar-refractivity contribution is 0.321. The number of ether oxygens (including phenoxy) is 1. The molecular formula is C17H17ClN2O. The number of hydrogen-bond acceptors (Lipinski definition) is 2. The predicted octanol–water partition coefficient (Wildman–Crippen LogP) is 4.53. The molecule has 0 aliphatic rings. The van der Waals surface area contributed by atoms with Gasteiger partial charge in [-0.1, -0.05) is 24.6 Å². The van der Waals surface area contributed by atoms with Crippen molar-refractivity contribution in [3.05, 3.63) is 59.5 Å². The molecule has 0 N–H and O–H groups in total. The molecule has 0 bridgehead atoms. The molecule has 21 heavy (non-hydrogen) atoms. The summed E-state index contributed by atoms with van der Waals surface area (Å²) in [5.74, 6) is 0.939. The van der Waals surface area contributed by atoms with Crippen LogP contribution in [-0.2, 0) is 6.54 Å². The molecule has 0 amide bonds. The van der Waals surface area contributed by atoms with Crippen LogP contribution in [0, 0.1) is 0 Å². The molecule has 0 radical (unpaired) electrons. The number of aromatic nitrogens is 2. The van der Waals surface area contributed by atoms with E-state index in [0.717, 1.165) is 41.8 Å². The third-order valence-corrected chi connectivity index (χ3v) is 3.77. The molecule has 3 aromatic rings. The van der Waals surface area contributed by atoms with Gasteiger partial charge in [0.15, 0.2) is 0 Å². The Balaban J connectivity index is 1.95. The van der Waals surface area contributed by atoms with E-state index in [2.05, 4.69) is 34.8 Å². The molecule has 0 atom stereocenters. The minimum Gasteiger partial charge on any atom is -0.493 e. The Morgan fingerprint density at radius 1 is 1.24 bits per heavy atom. The number of nitrogens with zero attached hydrogens (tertiary/aromatic N) is 2. The SMILES string of the molecule is CCCOc1cccc2c1ccn2Cc1ccncc1Cl. The van der Waals surface area contributed by atoms with Crippen LogP contribution in [0.2, 0.25) is 5.02 Å². The monoisotopic (exact) mass is 300 g/mol. The molecule has 3 rings (SSSR count). The van der Waals surface area contributed by atoms with Gasteiger partial charge in [-0.2, -0.15) is 0 Å². The van der Waals surface area contributed by atoms with E-state index in [-0.39, 0.29) is 0 Å². The molecule has 3 nitrogen and oxygen atoms in total. The summed E-state index contributed by atoms with van der Waals surface area (Å²) in [5.41, 5.74) is 2.21. The maximum absolute atomic E-state index is 6.19. The first-order chi connectivity index (χ1) is 10.3. The van der Waals surface area contributed by atoms with Crippen LogP contribution in [0.4, 0.5) is 0 Å². The second-order valence-electron chi connectivity index (χ2n) is 4.95. The van der Waals surface area contributed by atoms with Crippen LogP contribution < -0.4 is 4.74 Å². The van der Waals surface area contributed by atoms with Crippen LogP contribution >= 0.6 is 11.6 Å². The van der Waals surface area contributed by atoms with Gasteiger partial charge in [0.25, 0.3) is 0 Å². The van der Waals surface area contributed by atoms with Gasteiger partial charge >= 0.3 is 0 Å². The van der Waals surface area contributed by atoms with Gasteiger partial charge in [-0.3, -0.25) is 4.98 Å². The number of hydrogen-bond donors (Lipinski definition) is 0. The van der Waals surface area contributed by atoms with Gasteiger partial charge in [0.1, 0.15) is 5.75 Å². The van der Waals surface area contributed by atoms with Crippen LogP contribution in [0.1, 0.15) is 18.9 Å². The van der Waals surface area contributed by atoms with Crippen molar-refractivity contribution in [2.45, 2.75) is 19.9 Å². The molecule has 108 valence electrons. The fourth-order valence-corrected chi connectivity index (χ4v) is 2.57. The van der Waals surface area contributed by atoms with E-state index in [1.165, 1.54) is 0 Å². The number of benzene rings is 1. The Morgan fingerprint density at radius 2 is 2.14 bits per heavy atom. The van der Waals surface area contributed by atoms with E-state index in [9.17, 15) is 0 Å². The first kappa shape index (κ1) is 14.0. The standard InChI is InChI=1S/C17H17ClN2O/c1-2-10-21-17-5-3-4-16-14(17)7-9-20(16)12-13-6-8-19-11-15(13)18/h3-9,11H,2,10,12H2,1H3. The first-order valence-corrected chi connectivity index (χ1v) is 7.46. The Labute approximate surface area is 129 Å². The maximum atomic E-state index is 6.19. The van der Waals surface area contributed by atoms with Crippen molar-refractivity contribution in [1.29, 1.82) is 0 Å². The Hall–Kier alpha value is -2.00. The summed E-state index contributed by atoms with van der Waals surface area (Å²) in [7, 11) is 0. The van der Waals surface area contributed by atoms with Crippen LogP contribution in [0.25, 0.3) is 10.9 Å². The summed E-state index contributed by atoms with van der Waals surface area (Å²) in [5, 5.41) is 1.83. The van der Waals surface area contributed by atoms with Gasteiger partial charge in [0, 0.05) is 30.5 Å². The number of fused-ring (bicyclic) bond motifs is 1. The van der Waals surface area contributed by atoms with Crippen molar-refractivity contribution in [3.63, 3.8) is 0 Å². The highest BCUT2D eigenvalue weighted by molar-refractivity contribution is 6.31. The van der Waals surface area contributed by atoms with E-state index in [1.807, 2.05) is 18.2 Å². The predicted molar refractivity (Wildman–Crippen MR) is 86.1 cm³/mol. The van der Waals surface area contributed by atoms with Crippen molar-refractivity contribution in [2.24, 2.45) is 0 Å².